The molecular formula is C13H14N4O. The topological polar surface area (TPSA) is 67.8 Å². The number of hydrogen-bond donors (Lipinski definition) is 1. The smallest absolute Gasteiger partial charge is 0.253 e. The van der Waals surface area contributed by atoms with Crippen LogP contribution in [0.2, 0.25) is 0 Å². The van der Waals surface area contributed by atoms with Gasteiger partial charge in [0.1, 0.15) is 6.33 Å². The molecule has 5 heteroatoms. The van der Waals surface area contributed by atoms with E-state index in [4.69, 9.17) is 0 Å². The second-order valence-corrected chi connectivity index (χ2v) is 4.19. The lowest BCUT2D eigenvalue weighted by molar-refractivity contribution is 0.0943. The minimum atomic E-state index is -0.117. The third kappa shape index (κ3) is 2.88. The highest BCUT2D eigenvalue weighted by Gasteiger charge is 2.07. The normalized spacial score (nSPS) is 10.4. The molecule has 2 rings (SSSR count). The molecule has 0 aliphatic carbocycles. The van der Waals surface area contributed by atoms with Crippen molar-refractivity contribution in [1.82, 2.24) is 20.3 Å². The van der Waals surface area contributed by atoms with Crippen molar-refractivity contribution in [3.05, 3.63) is 42.6 Å². The molecule has 0 saturated heterocycles. The monoisotopic (exact) mass is 242 g/mol. The first kappa shape index (κ1) is 12.2. The Morgan fingerprint density at radius 3 is 2.44 bits per heavy atom. The quantitative estimate of drug-likeness (QED) is 0.889. The summed E-state index contributed by atoms with van der Waals surface area (Å²) >= 11 is 0. The van der Waals surface area contributed by atoms with Gasteiger partial charge in [-0.05, 0) is 26.0 Å². The van der Waals surface area contributed by atoms with E-state index in [1.807, 2.05) is 13.8 Å². The SMILES string of the molecule is CC(C)NC(=O)c1ccc(-c2cncnc2)nc1. The molecule has 1 N–H and O–H groups in total. The minimum absolute atomic E-state index is 0.111. The van der Waals surface area contributed by atoms with E-state index in [1.165, 1.54) is 6.33 Å². The summed E-state index contributed by atoms with van der Waals surface area (Å²) in [5.74, 6) is -0.117. The van der Waals surface area contributed by atoms with Crippen molar-refractivity contribution < 1.29 is 4.79 Å². The van der Waals surface area contributed by atoms with Crippen molar-refractivity contribution in [2.24, 2.45) is 0 Å². The highest BCUT2D eigenvalue weighted by atomic mass is 16.1. The maximum atomic E-state index is 11.7. The highest BCUT2D eigenvalue weighted by molar-refractivity contribution is 5.94. The zero-order valence-electron chi connectivity index (χ0n) is 10.3. The van der Waals surface area contributed by atoms with Crippen LogP contribution >= 0.6 is 0 Å². The zero-order valence-corrected chi connectivity index (χ0v) is 10.3. The van der Waals surface area contributed by atoms with E-state index in [2.05, 4.69) is 20.3 Å². The number of amides is 1. The second-order valence-electron chi connectivity index (χ2n) is 4.19. The molecule has 0 radical (unpaired) electrons. The van der Waals surface area contributed by atoms with Crippen LogP contribution in [0.25, 0.3) is 11.3 Å². The Hall–Kier alpha value is -2.30. The van der Waals surface area contributed by atoms with Gasteiger partial charge in [0.05, 0.1) is 11.3 Å². The molecule has 0 unspecified atom stereocenters. The van der Waals surface area contributed by atoms with E-state index in [-0.39, 0.29) is 11.9 Å². The lowest BCUT2D eigenvalue weighted by Gasteiger charge is -2.08. The predicted octanol–water partition coefficient (Wildman–Crippen LogP) is 1.68. The molecule has 0 spiro atoms. The maximum absolute atomic E-state index is 11.7. The Morgan fingerprint density at radius 1 is 1.17 bits per heavy atom. The van der Waals surface area contributed by atoms with Crippen molar-refractivity contribution in [2.75, 3.05) is 0 Å². The molecule has 5 nitrogen and oxygen atoms in total. The summed E-state index contributed by atoms with van der Waals surface area (Å²) in [6.45, 7) is 3.84. The van der Waals surface area contributed by atoms with Crippen LogP contribution in [0.1, 0.15) is 24.2 Å². The van der Waals surface area contributed by atoms with Crippen LogP contribution in [0, 0.1) is 0 Å². The number of carbonyl (C=O) groups is 1. The molecular weight excluding hydrogens is 228 g/mol. The molecule has 0 bridgehead atoms. The fraction of sp³-hybridized carbons (Fsp3) is 0.231. The molecule has 1 amide bonds. The van der Waals surface area contributed by atoms with Crippen molar-refractivity contribution in [3.8, 4) is 11.3 Å². The van der Waals surface area contributed by atoms with Gasteiger partial charge in [0, 0.05) is 30.2 Å². The van der Waals surface area contributed by atoms with E-state index < -0.39 is 0 Å². The Morgan fingerprint density at radius 2 is 1.89 bits per heavy atom. The molecule has 18 heavy (non-hydrogen) atoms. The summed E-state index contributed by atoms with van der Waals surface area (Å²) in [5.41, 5.74) is 2.12. The number of nitrogens with one attached hydrogen (secondary N) is 1. The summed E-state index contributed by atoms with van der Waals surface area (Å²) in [6, 6.07) is 3.64. The van der Waals surface area contributed by atoms with Gasteiger partial charge < -0.3 is 5.32 Å². The van der Waals surface area contributed by atoms with Gasteiger partial charge in [-0.3, -0.25) is 9.78 Å². The fourth-order valence-corrected chi connectivity index (χ4v) is 1.48. The number of rotatable bonds is 3. The van der Waals surface area contributed by atoms with Crippen LogP contribution in [-0.4, -0.2) is 26.9 Å². The molecule has 2 aromatic rings. The molecule has 2 aromatic heterocycles. The van der Waals surface area contributed by atoms with Gasteiger partial charge in [-0.1, -0.05) is 0 Å². The summed E-state index contributed by atoms with van der Waals surface area (Å²) < 4.78 is 0. The van der Waals surface area contributed by atoms with Crippen LogP contribution in [0.15, 0.2) is 37.1 Å². The van der Waals surface area contributed by atoms with Crippen LogP contribution in [0.5, 0.6) is 0 Å². The Bertz CT molecular complexity index is 522. The standard InChI is InChI=1S/C13H14N4O/c1-9(2)17-13(18)10-3-4-12(16-7-10)11-5-14-8-15-6-11/h3-9H,1-2H3,(H,17,18). The van der Waals surface area contributed by atoms with Gasteiger partial charge >= 0.3 is 0 Å². The average molecular weight is 242 g/mol. The fourth-order valence-electron chi connectivity index (χ4n) is 1.48. The first-order valence-electron chi connectivity index (χ1n) is 5.69. The van der Waals surface area contributed by atoms with Gasteiger partial charge in [0.25, 0.3) is 5.91 Å². The summed E-state index contributed by atoms with van der Waals surface area (Å²) in [7, 11) is 0. The number of nitrogens with zero attached hydrogens (tertiary/aromatic N) is 3. The predicted molar refractivity (Wildman–Crippen MR) is 67.9 cm³/mol. The summed E-state index contributed by atoms with van der Waals surface area (Å²) in [5, 5.41) is 2.81. The third-order valence-electron chi connectivity index (χ3n) is 2.30. The van der Waals surface area contributed by atoms with E-state index >= 15 is 0 Å². The van der Waals surface area contributed by atoms with Gasteiger partial charge in [0.15, 0.2) is 0 Å². The molecule has 0 fully saturated rings. The molecule has 0 saturated carbocycles. The zero-order chi connectivity index (χ0) is 13.0. The summed E-state index contributed by atoms with van der Waals surface area (Å²) in [6.07, 6.45) is 6.39. The molecule has 2 heterocycles. The molecule has 0 atom stereocenters. The summed E-state index contributed by atoms with van der Waals surface area (Å²) in [4.78, 5) is 23.8. The molecule has 92 valence electrons. The third-order valence-corrected chi connectivity index (χ3v) is 2.30. The van der Waals surface area contributed by atoms with E-state index in [9.17, 15) is 4.79 Å². The lowest BCUT2D eigenvalue weighted by Crippen LogP contribution is -2.30. The van der Waals surface area contributed by atoms with Crippen molar-refractivity contribution in [1.29, 1.82) is 0 Å². The highest BCUT2D eigenvalue weighted by Crippen LogP contribution is 2.14. The van der Waals surface area contributed by atoms with E-state index in [0.717, 1.165) is 11.3 Å². The maximum Gasteiger partial charge on any atom is 0.253 e. The Balaban J connectivity index is 2.18. The number of pyridine rings is 1. The lowest BCUT2D eigenvalue weighted by atomic mass is 10.2. The second kappa shape index (κ2) is 5.35. The van der Waals surface area contributed by atoms with E-state index in [1.54, 1.807) is 30.7 Å². The first-order chi connectivity index (χ1) is 8.66. The Kier molecular flexibility index (Phi) is 3.62. The van der Waals surface area contributed by atoms with Gasteiger partial charge in [-0.25, -0.2) is 9.97 Å². The molecule has 0 aromatic carbocycles. The van der Waals surface area contributed by atoms with Gasteiger partial charge in [-0.15, -0.1) is 0 Å². The molecule has 0 aliphatic rings. The molecule has 0 aliphatic heterocycles. The van der Waals surface area contributed by atoms with Gasteiger partial charge in [-0.2, -0.15) is 0 Å². The van der Waals surface area contributed by atoms with Crippen LogP contribution in [0.4, 0.5) is 0 Å². The largest absolute Gasteiger partial charge is 0.350 e. The van der Waals surface area contributed by atoms with E-state index in [0.29, 0.717) is 5.56 Å². The van der Waals surface area contributed by atoms with Crippen molar-refractivity contribution >= 4 is 5.91 Å². The number of aromatic nitrogens is 3. The van der Waals surface area contributed by atoms with Crippen molar-refractivity contribution in [2.45, 2.75) is 19.9 Å². The van der Waals surface area contributed by atoms with Crippen LogP contribution in [-0.2, 0) is 0 Å². The number of carbonyl (C=O) groups excluding carboxylic acids is 1. The van der Waals surface area contributed by atoms with Gasteiger partial charge in [0.2, 0.25) is 0 Å². The first-order valence-corrected chi connectivity index (χ1v) is 5.69. The van der Waals surface area contributed by atoms with Crippen molar-refractivity contribution in [3.63, 3.8) is 0 Å². The average Bonchev–Trinajstić information content (AvgIpc) is 2.39. The number of hydrogen-bond acceptors (Lipinski definition) is 4. The Labute approximate surface area is 105 Å². The minimum Gasteiger partial charge on any atom is -0.350 e. The van der Waals surface area contributed by atoms with Crippen LogP contribution in [0.3, 0.4) is 0 Å². The van der Waals surface area contributed by atoms with Crippen LogP contribution < -0.4 is 5.32 Å².